The number of rotatable bonds is 4. The molecule has 0 spiro atoms. The lowest BCUT2D eigenvalue weighted by atomic mass is 9.90. The van der Waals surface area contributed by atoms with Gasteiger partial charge in [0.15, 0.2) is 5.78 Å². The summed E-state index contributed by atoms with van der Waals surface area (Å²) in [6.45, 7) is 3.33. The Morgan fingerprint density at radius 1 is 1.35 bits per heavy atom. The summed E-state index contributed by atoms with van der Waals surface area (Å²) in [6, 6.07) is 5.77. The Morgan fingerprint density at radius 2 is 2.25 bits per heavy atom. The standard InChI is InChI=1S/C16H18N2O2/c1-12-17-8-9-18(12)10-11-20-16-7-3-4-13-14(16)5-2-6-15(13)19/h3-4,7-9H,2,5-6,10-11H2,1H3. The van der Waals surface area contributed by atoms with E-state index in [0.717, 1.165) is 42.1 Å². The molecule has 1 aliphatic carbocycles. The van der Waals surface area contributed by atoms with E-state index in [1.54, 1.807) is 6.20 Å². The average molecular weight is 270 g/mol. The lowest BCUT2D eigenvalue weighted by Gasteiger charge is -2.18. The summed E-state index contributed by atoms with van der Waals surface area (Å²) in [6.07, 6.45) is 6.25. The number of imidazole rings is 1. The van der Waals surface area contributed by atoms with Crippen molar-refractivity contribution in [1.82, 2.24) is 9.55 Å². The number of Topliss-reactive ketones (excluding diaryl/α,β-unsaturated/α-hetero) is 1. The van der Waals surface area contributed by atoms with Crippen LogP contribution in [0.2, 0.25) is 0 Å². The second kappa shape index (κ2) is 5.49. The van der Waals surface area contributed by atoms with Crippen molar-refractivity contribution in [3.05, 3.63) is 47.5 Å². The predicted octanol–water partition coefficient (Wildman–Crippen LogP) is 2.79. The molecule has 0 N–H and O–H groups in total. The highest BCUT2D eigenvalue weighted by Gasteiger charge is 2.20. The molecule has 1 aromatic heterocycles. The zero-order valence-corrected chi connectivity index (χ0v) is 11.6. The lowest BCUT2D eigenvalue weighted by molar-refractivity contribution is 0.0971. The normalized spacial score (nSPS) is 14.2. The number of ketones is 1. The molecule has 0 saturated carbocycles. The molecule has 4 nitrogen and oxygen atoms in total. The summed E-state index contributed by atoms with van der Waals surface area (Å²) in [7, 11) is 0. The number of carbonyl (C=O) groups excluding carboxylic acids is 1. The van der Waals surface area contributed by atoms with E-state index in [4.69, 9.17) is 4.74 Å². The van der Waals surface area contributed by atoms with E-state index in [9.17, 15) is 4.79 Å². The van der Waals surface area contributed by atoms with E-state index < -0.39 is 0 Å². The maximum absolute atomic E-state index is 11.9. The van der Waals surface area contributed by atoms with Crippen molar-refractivity contribution in [1.29, 1.82) is 0 Å². The first kappa shape index (κ1) is 12.9. The number of hydrogen-bond donors (Lipinski definition) is 0. The van der Waals surface area contributed by atoms with Gasteiger partial charge >= 0.3 is 0 Å². The highest BCUT2D eigenvalue weighted by molar-refractivity contribution is 5.99. The van der Waals surface area contributed by atoms with Crippen LogP contribution in [-0.2, 0) is 13.0 Å². The zero-order valence-electron chi connectivity index (χ0n) is 11.6. The van der Waals surface area contributed by atoms with Crippen molar-refractivity contribution in [2.45, 2.75) is 32.7 Å². The lowest BCUT2D eigenvalue weighted by Crippen LogP contribution is -2.14. The number of nitrogens with zero attached hydrogens (tertiary/aromatic N) is 2. The van der Waals surface area contributed by atoms with E-state index in [1.807, 2.05) is 31.3 Å². The first-order valence-corrected chi connectivity index (χ1v) is 7.01. The van der Waals surface area contributed by atoms with Gasteiger partial charge in [-0.1, -0.05) is 12.1 Å². The van der Waals surface area contributed by atoms with Gasteiger partial charge in [0.1, 0.15) is 18.2 Å². The van der Waals surface area contributed by atoms with Crippen LogP contribution in [0.1, 0.15) is 34.6 Å². The molecule has 2 aromatic rings. The third kappa shape index (κ3) is 2.46. The van der Waals surface area contributed by atoms with Crippen molar-refractivity contribution in [3.63, 3.8) is 0 Å². The van der Waals surface area contributed by atoms with Gasteiger partial charge in [-0.05, 0) is 25.8 Å². The van der Waals surface area contributed by atoms with E-state index in [2.05, 4.69) is 9.55 Å². The summed E-state index contributed by atoms with van der Waals surface area (Å²) in [4.78, 5) is 16.1. The number of aryl methyl sites for hydroxylation is 1. The molecular weight excluding hydrogens is 252 g/mol. The molecule has 1 aliphatic rings. The Bertz CT molecular complexity index is 631. The van der Waals surface area contributed by atoms with Crippen LogP contribution in [0.3, 0.4) is 0 Å². The van der Waals surface area contributed by atoms with Crippen LogP contribution in [0.4, 0.5) is 0 Å². The largest absolute Gasteiger partial charge is 0.491 e. The van der Waals surface area contributed by atoms with Crippen LogP contribution in [-0.4, -0.2) is 21.9 Å². The minimum absolute atomic E-state index is 0.238. The molecule has 1 aromatic carbocycles. The molecule has 1 heterocycles. The maximum Gasteiger partial charge on any atom is 0.163 e. The van der Waals surface area contributed by atoms with Gasteiger partial charge in [0.25, 0.3) is 0 Å². The van der Waals surface area contributed by atoms with Gasteiger partial charge in [0.05, 0.1) is 6.54 Å². The number of fused-ring (bicyclic) bond motifs is 1. The minimum atomic E-state index is 0.238. The van der Waals surface area contributed by atoms with Crippen LogP contribution in [0.15, 0.2) is 30.6 Å². The Labute approximate surface area is 118 Å². The second-order valence-corrected chi connectivity index (χ2v) is 5.08. The Hall–Kier alpha value is -2.10. The fraction of sp³-hybridized carbons (Fsp3) is 0.375. The minimum Gasteiger partial charge on any atom is -0.491 e. The maximum atomic E-state index is 11.9. The molecule has 0 saturated heterocycles. The van der Waals surface area contributed by atoms with Crippen LogP contribution in [0, 0.1) is 6.92 Å². The van der Waals surface area contributed by atoms with Gasteiger partial charge in [-0.25, -0.2) is 4.98 Å². The van der Waals surface area contributed by atoms with Crippen molar-refractivity contribution < 1.29 is 9.53 Å². The van der Waals surface area contributed by atoms with Crippen molar-refractivity contribution in [3.8, 4) is 5.75 Å². The molecule has 104 valence electrons. The second-order valence-electron chi connectivity index (χ2n) is 5.08. The van der Waals surface area contributed by atoms with Gasteiger partial charge in [-0.3, -0.25) is 4.79 Å². The summed E-state index contributed by atoms with van der Waals surface area (Å²) >= 11 is 0. The number of aromatic nitrogens is 2. The van der Waals surface area contributed by atoms with Gasteiger partial charge in [-0.15, -0.1) is 0 Å². The molecule has 0 unspecified atom stereocenters. The molecule has 0 amide bonds. The number of ether oxygens (including phenoxy) is 1. The molecule has 20 heavy (non-hydrogen) atoms. The van der Waals surface area contributed by atoms with Crippen LogP contribution in [0.25, 0.3) is 0 Å². The molecule has 0 aliphatic heterocycles. The van der Waals surface area contributed by atoms with Crippen LogP contribution >= 0.6 is 0 Å². The van der Waals surface area contributed by atoms with E-state index in [1.165, 1.54) is 0 Å². The number of benzene rings is 1. The highest BCUT2D eigenvalue weighted by atomic mass is 16.5. The van der Waals surface area contributed by atoms with Crippen LogP contribution in [0.5, 0.6) is 5.75 Å². The molecule has 0 atom stereocenters. The third-order valence-corrected chi connectivity index (χ3v) is 3.78. The number of hydrogen-bond acceptors (Lipinski definition) is 3. The highest BCUT2D eigenvalue weighted by Crippen LogP contribution is 2.29. The first-order valence-electron chi connectivity index (χ1n) is 7.01. The fourth-order valence-electron chi connectivity index (χ4n) is 2.67. The first-order chi connectivity index (χ1) is 9.75. The Morgan fingerprint density at radius 3 is 3.05 bits per heavy atom. The summed E-state index contributed by atoms with van der Waals surface area (Å²) in [5.74, 6) is 2.08. The summed E-state index contributed by atoms with van der Waals surface area (Å²) < 4.78 is 7.94. The summed E-state index contributed by atoms with van der Waals surface area (Å²) in [5, 5.41) is 0. The van der Waals surface area contributed by atoms with Crippen LogP contribution < -0.4 is 4.74 Å². The topological polar surface area (TPSA) is 44.1 Å². The molecule has 4 heteroatoms. The Kier molecular flexibility index (Phi) is 3.54. The molecule has 3 rings (SSSR count). The molecule has 0 bridgehead atoms. The van der Waals surface area contributed by atoms with Gasteiger partial charge in [0, 0.05) is 29.9 Å². The quantitative estimate of drug-likeness (QED) is 0.858. The van der Waals surface area contributed by atoms with Crippen molar-refractivity contribution in [2.24, 2.45) is 0 Å². The van der Waals surface area contributed by atoms with E-state index >= 15 is 0 Å². The number of carbonyl (C=O) groups is 1. The Balaban J connectivity index is 1.70. The SMILES string of the molecule is Cc1nccn1CCOc1cccc2c1CCCC2=O. The van der Waals surface area contributed by atoms with Crippen molar-refractivity contribution in [2.75, 3.05) is 6.61 Å². The summed E-state index contributed by atoms with van der Waals surface area (Å²) in [5.41, 5.74) is 1.92. The van der Waals surface area contributed by atoms with Gasteiger partial charge < -0.3 is 9.30 Å². The fourth-order valence-corrected chi connectivity index (χ4v) is 2.67. The predicted molar refractivity (Wildman–Crippen MR) is 76.2 cm³/mol. The van der Waals surface area contributed by atoms with Gasteiger partial charge in [-0.2, -0.15) is 0 Å². The monoisotopic (exact) mass is 270 g/mol. The molecular formula is C16H18N2O2. The average Bonchev–Trinajstić information content (AvgIpc) is 2.86. The zero-order chi connectivity index (χ0) is 13.9. The third-order valence-electron chi connectivity index (χ3n) is 3.78. The van der Waals surface area contributed by atoms with Crippen molar-refractivity contribution >= 4 is 5.78 Å². The molecule has 0 radical (unpaired) electrons. The van der Waals surface area contributed by atoms with E-state index in [0.29, 0.717) is 13.0 Å². The van der Waals surface area contributed by atoms with E-state index in [-0.39, 0.29) is 5.78 Å². The van der Waals surface area contributed by atoms with Gasteiger partial charge in [0.2, 0.25) is 0 Å². The molecule has 0 fully saturated rings. The smallest absolute Gasteiger partial charge is 0.163 e.